The summed E-state index contributed by atoms with van der Waals surface area (Å²) in [4.78, 5) is 10.8. The van der Waals surface area contributed by atoms with Gasteiger partial charge in [-0.1, -0.05) is 0 Å². The van der Waals surface area contributed by atoms with Crippen LogP contribution in [0.1, 0.15) is 28.4 Å². The molecule has 4 heteroatoms. The van der Waals surface area contributed by atoms with E-state index in [0.29, 0.717) is 17.7 Å². The van der Waals surface area contributed by atoms with Gasteiger partial charge in [-0.3, -0.25) is 0 Å². The van der Waals surface area contributed by atoms with Gasteiger partial charge in [0.15, 0.2) is 0 Å². The number of aliphatic hydroxyl groups is 1. The van der Waals surface area contributed by atoms with E-state index in [9.17, 15) is 9.90 Å². The second kappa shape index (κ2) is 2.97. The van der Waals surface area contributed by atoms with Crippen molar-refractivity contribution in [2.75, 3.05) is 7.11 Å². The molecule has 0 fully saturated rings. The topological polar surface area (TPSA) is 66.8 Å². The monoisotopic (exact) mass is 208 g/mol. The van der Waals surface area contributed by atoms with Crippen molar-refractivity contribution in [1.82, 2.24) is 0 Å². The summed E-state index contributed by atoms with van der Waals surface area (Å²) in [6.07, 6.45) is 0.505. The molecule has 0 aromatic heterocycles. The van der Waals surface area contributed by atoms with Gasteiger partial charge >= 0.3 is 5.97 Å². The molecule has 0 aliphatic heterocycles. The van der Waals surface area contributed by atoms with Crippen LogP contribution in [0, 0.1) is 0 Å². The quantitative estimate of drug-likeness (QED) is 0.765. The second-order valence-corrected chi connectivity index (χ2v) is 3.96. The van der Waals surface area contributed by atoms with Crippen molar-refractivity contribution in [2.24, 2.45) is 0 Å². The highest BCUT2D eigenvalue weighted by Gasteiger charge is 2.39. The summed E-state index contributed by atoms with van der Waals surface area (Å²) in [5.41, 5.74) is 0.769. The average molecular weight is 208 g/mol. The van der Waals surface area contributed by atoms with Gasteiger partial charge < -0.3 is 14.9 Å². The molecule has 0 heterocycles. The molecule has 4 nitrogen and oxygen atoms in total. The molecule has 1 aliphatic rings. The van der Waals surface area contributed by atoms with Gasteiger partial charge in [0.1, 0.15) is 5.75 Å². The number of hydrogen-bond donors (Lipinski definition) is 2. The summed E-state index contributed by atoms with van der Waals surface area (Å²) in [7, 11) is 1.49. The van der Waals surface area contributed by atoms with Crippen molar-refractivity contribution in [3.05, 3.63) is 28.8 Å². The van der Waals surface area contributed by atoms with Crippen molar-refractivity contribution in [2.45, 2.75) is 18.9 Å². The number of benzene rings is 1. The lowest BCUT2D eigenvalue weighted by molar-refractivity contribution is 0.0312. The molecule has 1 aromatic rings. The first-order valence-corrected chi connectivity index (χ1v) is 4.63. The van der Waals surface area contributed by atoms with Crippen LogP contribution in [0.15, 0.2) is 12.1 Å². The molecule has 0 saturated carbocycles. The van der Waals surface area contributed by atoms with E-state index in [1.54, 1.807) is 6.92 Å². The first-order valence-electron chi connectivity index (χ1n) is 4.63. The molecule has 0 spiro atoms. The van der Waals surface area contributed by atoms with Crippen molar-refractivity contribution in [3.63, 3.8) is 0 Å². The van der Waals surface area contributed by atoms with Gasteiger partial charge in [-0.25, -0.2) is 4.79 Å². The molecule has 15 heavy (non-hydrogen) atoms. The van der Waals surface area contributed by atoms with E-state index in [-0.39, 0.29) is 5.56 Å². The lowest BCUT2D eigenvalue weighted by Crippen LogP contribution is -2.36. The molecule has 2 N–H and O–H groups in total. The number of ether oxygens (including phenoxy) is 1. The largest absolute Gasteiger partial charge is 0.496 e. The van der Waals surface area contributed by atoms with Gasteiger partial charge in [0.05, 0.1) is 18.3 Å². The van der Waals surface area contributed by atoms with Crippen LogP contribution in [0.25, 0.3) is 0 Å². The van der Waals surface area contributed by atoms with Gasteiger partial charge in [-0.2, -0.15) is 0 Å². The molecular formula is C11H12O4. The molecule has 0 radical (unpaired) electrons. The number of aromatic carboxylic acids is 1. The Morgan fingerprint density at radius 2 is 2.20 bits per heavy atom. The predicted octanol–water partition coefficient (Wildman–Crippen LogP) is 1.16. The maximum atomic E-state index is 10.8. The van der Waals surface area contributed by atoms with Gasteiger partial charge in [0, 0.05) is 12.0 Å². The summed E-state index contributed by atoms with van der Waals surface area (Å²) in [6, 6.07) is 2.99. The molecule has 0 saturated heterocycles. The molecule has 1 unspecified atom stereocenters. The molecule has 0 amide bonds. The van der Waals surface area contributed by atoms with Crippen molar-refractivity contribution >= 4 is 5.97 Å². The van der Waals surface area contributed by atoms with Crippen LogP contribution in [0.4, 0.5) is 0 Å². The molecule has 2 rings (SSSR count). The standard InChI is InChI=1S/C11H12O4/c1-11(14)5-7-8(11)3-6(10(12)13)4-9(7)15-2/h3-4,14H,5H2,1-2H3,(H,12,13). The minimum absolute atomic E-state index is 0.144. The van der Waals surface area contributed by atoms with Crippen LogP contribution in [0.3, 0.4) is 0 Å². The van der Waals surface area contributed by atoms with Crippen molar-refractivity contribution < 1.29 is 19.7 Å². The van der Waals surface area contributed by atoms with E-state index < -0.39 is 11.6 Å². The highest BCUT2D eigenvalue weighted by Crippen LogP contribution is 2.44. The van der Waals surface area contributed by atoms with E-state index >= 15 is 0 Å². The first kappa shape index (κ1) is 9.98. The maximum absolute atomic E-state index is 10.8. The molecule has 1 aromatic carbocycles. The lowest BCUT2D eigenvalue weighted by Gasteiger charge is -2.37. The highest BCUT2D eigenvalue weighted by atomic mass is 16.5. The maximum Gasteiger partial charge on any atom is 0.335 e. The number of hydrogen-bond acceptors (Lipinski definition) is 3. The van der Waals surface area contributed by atoms with Crippen LogP contribution in [-0.2, 0) is 12.0 Å². The fraction of sp³-hybridized carbons (Fsp3) is 0.364. The molecule has 0 bridgehead atoms. The number of carboxylic acids is 1. The first-order chi connectivity index (χ1) is 6.95. The summed E-state index contributed by atoms with van der Waals surface area (Å²) in [6.45, 7) is 1.67. The Morgan fingerprint density at radius 1 is 1.53 bits per heavy atom. The second-order valence-electron chi connectivity index (χ2n) is 3.96. The van der Waals surface area contributed by atoms with Crippen molar-refractivity contribution in [1.29, 1.82) is 0 Å². The number of rotatable bonds is 2. The van der Waals surface area contributed by atoms with Gasteiger partial charge in [0.25, 0.3) is 0 Å². The van der Waals surface area contributed by atoms with Crippen LogP contribution in [0.2, 0.25) is 0 Å². The van der Waals surface area contributed by atoms with E-state index in [4.69, 9.17) is 9.84 Å². The van der Waals surface area contributed by atoms with Crippen LogP contribution in [-0.4, -0.2) is 23.3 Å². The predicted molar refractivity (Wildman–Crippen MR) is 53.2 cm³/mol. The zero-order valence-corrected chi connectivity index (χ0v) is 8.57. The van der Waals surface area contributed by atoms with E-state index in [2.05, 4.69) is 0 Å². The summed E-state index contributed by atoms with van der Waals surface area (Å²) in [5, 5.41) is 18.7. The van der Waals surface area contributed by atoms with Gasteiger partial charge in [-0.05, 0) is 24.6 Å². The molecule has 80 valence electrons. The number of carbonyl (C=O) groups is 1. The summed E-state index contributed by atoms with van der Waals surface area (Å²) < 4.78 is 5.09. The zero-order chi connectivity index (χ0) is 11.2. The molecule has 1 atom stereocenters. The number of fused-ring (bicyclic) bond motifs is 1. The third kappa shape index (κ3) is 1.37. The minimum Gasteiger partial charge on any atom is -0.496 e. The smallest absolute Gasteiger partial charge is 0.335 e. The Morgan fingerprint density at radius 3 is 2.67 bits per heavy atom. The fourth-order valence-electron chi connectivity index (χ4n) is 1.95. The summed E-state index contributed by atoms with van der Waals surface area (Å²) in [5.74, 6) is -0.477. The third-order valence-electron chi connectivity index (χ3n) is 2.78. The van der Waals surface area contributed by atoms with Crippen molar-refractivity contribution in [3.8, 4) is 5.75 Å². The Labute approximate surface area is 87.1 Å². The zero-order valence-electron chi connectivity index (χ0n) is 8.57. The van der Waals surface area contributed by atoms with E-state index in [1.165, 1.54) is 19.2 Å². The van der Waals surface area contributed by atoms with Gasteiger partial charge in [-0.15, -0.1) is 0 Å². The Bertz CT molecular complexity index is 434. The Kier molecular flexibility index (Phi) is 1.98. The Balaban J connectivity index is 2.58. The van der Waals surface area contributed by atoms with Crippen LogP contribution < -0.4 is 4.74 Å². The number of methoxy groups -OCH3 is 1. The minimum atomic E-state index is -1.01. The fourth-order valence-corrected chi connectivity index (χ4v) is 1.95. The lowest BCUT2D eigenvalue weighted by atomic mass is 9.73. The average Bonchev–Trinajstić information content (AvgIpc) is 2.16. The van der Waals surface area contributed by atoms with Crippen LogP contribution in [0.5, 0.6) is 5.75 Å². The number of carboxylic acid groups (broad SMARTS) is 1. The molecule has 1 aliphatic carbocycles. The van der Waals surface area contributed by atoms with Crippen LogP contribution >= 0.6 is 0 Å². The molecular weight excluding hydrogens is 196 g/mol. The summed E-state index contributed by atoms with van der Waals surface area (Å²) >= 11 is 0. The SMILES string of the molecule is COc1cc(C(=O)O)cc2c1CC2(C)O. The highest BCUT2D eigenvalue weighted by molar-refractivity contribution is 5.89. The third-order valence-corrected chi connectivity index (χ3v) is 2.78. The van der Waals surface area contributed by atoms with E-state index in [0.717, 1.165) is 5.56 Å². The van der Waals surface area contributed by atoms with E-state index in [1.807, 2.05) is 0 Å². The Hall–Kier alpha value is -1.55. The normalized spacial score (nSPS) is 22.9. The van der Waals surface area contributed by atoms with Gasteiger partial charge in [0.2, 0.25) is 0 Å².